The molecule has 2 aliphatic rings. The lowest BCUT2D eigenvalue weighted by molar-refractivity contribution is 0.0873. The maximum atomic E-state index is 13.0. The molecule has 5 heteroatoms. The molecule has 2 heterocycles. The number of carbonyl (C=O) groups excluding carboxylic acids is 1. The van der Waals surface area contributed by atoms with Crippen LogP contribution in [0.1, 0.15) is 52.4 Å². The van der Waals surface area contributed by atoms with Gasteiger partial charge in [-0.15, -0.1) is 0 Å². The van der Waals surface area contributed by atoms with E-state index in [2.05, 4.69) is 30.9 Å². The Morgan fingerprint density at radius 3 is 2.50 bits per heavy atom. The highest BCUT2D eigenvalue weighted by atomic mass is 35.5. The molecule has 0 fully saturated rings. The predicted molar refractivity (Wildman–Crippen MR) is 126 cm³/mol. The molecule has 0 atom stereocenters. The van der Waals surface area contributed by atoms with Crippen LogP contribution in [0.5, 0.6) is 11.5 Å². The molecule has 5 rings (SSSR count). The minimum atomic E-state index is -0.0921. The Kier molecular flexibility index (Phi) is 5.50. The van der Waals surface area contributed by atoms with E-state index in [1.54, 1.807) is 6.07 Å². The third-order valence-electron chi connectivity index (χ3n) is 5.90. The van der Waals surface area contributed by atoms with Gasteiger partial charge in [-0.25, -0.2) is 0 Å². The number of rotatable bonds is 4. The van der Waals surface area contributed by atoms with Crippen LogP contribution < -0.4 is 9.47 Å². The molecule has 0 saturated carbocycles. The third kappa shape index (κ3) is 4.04. The Morgan fingerprint density at radius 2 is 1.78 bits per heavy atom. The molecule has 3 aromatic carbocycles. The van der Waals surface area contributed by atoms with E-state index in [1.807, 2.05) is 48.5 Å². The van der Waals surface area contributed by atoms with Crippen LogP contribution in [0.15, 0.2) is 66.4 Å². The maximum Gasteiger partial charge on any atom is 0.231 e. The monoisotopic (exact) mass is 445 g/mol. The first-order chi connectivity index (χ1) is 15.5. The molecule has 0 unspecified atom stereocenters. The number of hydrogen-bond acceptors (Lipinski definition) is 4. The summed E-state index contributed by atoms with van der Waals surface area (Å²) in [5, 5.41) is 0.719. The van der Waals surface area contributed by atoms with Crippen molar-refractivity contribution in [3.63, 3.8) is 0 Å². The molecule has 0 bridgehead atoms. The Bertz CT molecular complexity index is 1200. The smallest absolute Gasteiger partial charge is 0.231 e. The van der Waals surface area contributed by atoms with Crippen LogP contribution in [0, 0.1) is 0 Å². The molecule has 3 aromatic rings. The minimum Gasteiger partial charge on any atom is -0.478 e. The van der Waals surface area contributed by atoms with E-state index in [0.717, 1.165) is 34.0 Å². The molecular weight excluding hydrogens is 422 g/mol. The summed E-state index contributed by atoms with van der Waals surface area (Å²) in [6.07, 6.45) is 1.81. The molecule has 0 spiro atoms. The van der Waals surface area contributed by atoms with Gasteiger partial charge in [-0.1, -0.05) is 61.8 Å². The fraction of sp³-hybridized carbons (Fsp3) is 0.222. The van der Waals surface area contributed by atoms with Gasteiger partial charge in [0.15, 0.2) is 5.76 Å². The molecular formula is C27H24ClNO3. The van der Waals surface area contributed by atoms with Crippen LogP contribution in [0.25, 0.3) is 6.08 Å². The van der Waals surface area contributed by atoms with Gasteiger partial charge in [0.05, 0.1) is 11.1 Å². The number of benzene rings is 3. The zero-order valence-electron chi connectivity index (χ0n) is 18.1. The number of ketones is 1. The van der Waals surface area contributed by atoms with Crippen LogP contribution in [0.2, 0.25) is 5.02 Å². The Labute approximate surface area is 193 Å². The second-order valence-corrected chi connectivity index (χ2v) is 9.00. The van der Waals surface area contributed by atoms with Crippen molar-refractivity contribution in [2.75, 3.05) is 6.73 Å². The van der Waals surface area contributed by atoms with E-state index in [-0.39, 0.29) is 5.78 Å². The molecule has 0 aliphatic carbocycles. The number of hydrogen-bond donors (Lipinski definition) is 0. The zero-order valence-corrected chi connectivity index (χ0v) is 18.9. The van der Waals surface area contributed by atoms with Gasteiger partial charge in [0.2, 0.25) is 5.78 Å². The first-order valence-electron chi connectivity index (χ1n) is 10.8. The van der Waals surface area contributed by atoms with Crippen LogP contribution in [-0.4, -0.2) is 17.4 Å². The van der Waals surface area contributed by atoms with Crippen molar-refractivity contribution in [1.82, 2.24) is 4.90 Å². The van der Waals surface area contributed by atoms with Crippen LogP contribution in [-0.2, 0) is 13.1 Å². The van der Waals surface area contributed by atoms with Crippen molar-refractivity contribution >= 4 is 23.5 Å². The molecule has 0 saturated heterocycles. The molecule has 0 radical (unpaired) electrons. The molecule has 4 nitrogen and oxygen atoms in total. The molecule has 0 amide bonds. The van der Waals surface area contributed by atoms with Crippen LogP contribution in [0.4, 0.5) is 0 Å². The van der Waals surface area contributed by atoms with E-state index < -0.39 is 0 Å². The number of halogens is 1. The van der Waals surface area contributed by atoms with Crippen LogP contribution in [0.3, 0.4) is 0 Å². The van der Waals surface area contributed by atoms with Crippen molar-refractivity contribution in [3.05, 3.63) is 99.3 Å². The summed E-state index contributed by atoms with van der Waals surface area (Å²) < 4.78 is 12.1. The van der Waals surface area contributed by atoms with Crippen molar-refractivity contribution in [2.24, 2.45) is 0 Å². The number of allylic oxidation sites excluding steroid dienone is 1. The highest BCUT2D eigenvalue weighted by molar-refractivity contribution is 6.30. The first kappa shape index (κ1) is 20.8. The summed E-state index contributed by atoms with van der Waals surface area (Å²) >= 11 is 6.00. The summed E-state index contributed by atoms with van der Waals surface area (Å²) in [7, 11) is 0. The van der Waals surface area contributed by atoms with Gasteiger partial charge in [0.1, 0.15) is 18.2 Å². The summed E-state index contributed by atoms with van der Waals surface area (Å²) in [5.74, 6) is 2.10. The van der Waals surface area contributed by atoms with Gasteiger partial charge in [0, 0.05) is 18.1 Å². The summed E-state index contributed by atoms with van der Waals surface area (Å²) in [5.41, 5.74) is 4.86. The second-order valence-electron chi connectivity index (χ2n) is 8.57. The van der Waals surface area contributed by atoms with Gasteiger partial charge in [-0.3, -0.25) is 9.69 Å². The largest absolute Gasteiger partial charge is 0.478 e. The lowest BCUT2D eigenvalue weighted by Gasteiger charge is -2.29. The summed E-state index contributed by atoms with van der Waals surface area (Å²) in [6.45, 7) is 6.17. The highest BCUT2D eigenvalue weighted by Crippen LogP contribution is 2.42. The average molecular weight is 446 g/mol. The summed E-state index contributed by atoms with van der Waals surface area (Å²) in [6, 6.07) is 19.7. The van der Waals surface area contributed by atoms with E-state index >= 15 is 0 Å². The highest BCUT2D eigenvalue weighted by Gasteiger charge is 2.33. The number of Topliss-reactive ketones (excluding diaryl/α,β-unsaturated/α-hetero) is 1. The van der Waals surface area contributed by atoms with Crippen molar-refractivity contribution < 1.29 is 14.3 Å². The SMILES string of the molecule is CC(C)c1ccc(/C=C2\Oc3c(ccc4c3CN(Cc3ccc(Cl)cc3)CO4)C2=O)cc1. The lowest BCUT2D eigenvalue weighted by Crippen LogP contribution is -2.31. The fourth-order valence-corrected chi connectivity index (χ4v) is 4.21. The zero-order chi connectivity index (χ0) is 22.2. The summed E-state index contributed by atoms with van der Waals surface area (Å²) in [4.78, 5) is 15.2. The van der Waals surface area contributed by atoms with E-state index in [0.29, 0.717) is 36.3 Å². The second kappa shape index (κ2) is 8.45. The molecule has 32 heavy (non-hydrogen) atoms. The molecule has 162 valence electrons. The Hall–Kier alpha value is -3.08. The van der Waals surface area contributed by atoms with Crippen molar-refractivity contribution in [2.45, 2.75) is 32.9 Å². The number of carbonyl (C=O) groups is 1. The van der Waals surface area contributed by atoms with Crippen molar-refractivity contribution in [3.8, 4) is 11.5 Å². The van der Waals surface area contributed by atoms with Gasteiger partial charge in [-0.05, 0) is 52.9 Å². The van der Waals surface area contributed by atoms with E-state index in [4.69, 9.17) is 21.1 Å². The fourth-order valence-electron chi connectivity index (χ4n) is 4.08. The van der Waals surface area contributed by atoms with E-state index in [1.165, 1.54) is 5.56 Å². The molecule has 0 N–H and O–H groups in total. The normalized spacial score (nSPS) is 16.6. The van der Waals surface area contributed by atoms with Gasteiger partial charge < -0.3 is 9.47 Å². The van der Waals surface area contributed by atoms with Gasteiger partial charge >= 0.3 is 0 Å². The maximum absolute atomic E-state index is 13.0. The molecule has 2 aliphatic heterocycles. The predicted octanol–water partition coefficient (Wildman–Crippen LogP) is 6.43. The third-order valence-corrected chi connectivity index (χ3v) is 6.15. The van der Waals surface area contributed by atoms with E-state index in [9.17, 15) is 4.79 Å². The Balaban J connectivity index is 1.39. The van der Waals surface area contributed by atoms with Crippen molar-refractivity contribution in [1.29, 1.82) is 0 Å². The molecule has 0 aromatic heterocycles. The quantitative estimate of drug-likeness (QED) is 0.433. The van der Waals surface area contributed by atoms with Gasteiger partial charge in [-0.2, -0.15) is 0 Å². The standard InChI is InChI=1S/C27H24ClNO3/c1-17(2)20-7-3-18(4-8-20)13-25-26(30)22-11-12-24-23(27(22)32-25)15-29(16-31-24)14-19-5-9-21(28)10-6-19/h3-13,17H,14-16H2,1-2H3/b25-13-. The average Bonchev–Trinajstić information content (AvgIpc) is 3.11. The minimum absolute atomic E-state index is 0.0921. The Morgan fingerprint density at radius 1 is 1.03 bits per heavy atom. The number of fused-ring (bicyclic) bond motifs is 3. The van der Waals surface area contributed by atoms with Crippen LogP contribution >= 0.6 is 11.6 Å². The topological polar surface area (TPSA) is 38.8 Å². The lowest BCUT2D eigenvalue weighted by atomic mass is 10.0. The number of ether oxygens (including phenoxy) is 2. The number of nitrogens with zero attached hydrogens (tertiary/aromatic N) is 1. The van der Waals surface area contributed by atoms with Gasteiger partial charge in [0.25, 0.3) is 0 Å². The first-order valence-corrected chi connectivity index (χ1v) is 11.2.